The number of carbonyl (C=O) groups is 2. The highest BCUT2D eigenvalue weighted by Gasteiger charge is 2.38. The zero-order valence-electron chi connectivity index (χ0n) is 11.1. The summed E-state index contributed by atoms with van der Waals surface area (Å²) in [5.74, 6) is -1.03. The summed E-state index contributed by atoms with van der Waals surface area (Å²) in [5.41, 5.74) is 5.20. The highest BCUT2D eigenvalue weighted by molar-refractivity contribution is 5.89. The summed E-state index contributed by atoms with van der Waals surface area (Å²) in [4.78, 5) is 27.3. The first-order chi connectivity index (χ1) is 8.33. The molecule has 0 aromatic carbocycles. The Morgan fingerprint density at radius 3 is 2.44 bits per heavy atom. The lowest BCUT2D eigenvalue weighted by Gasteiger charge is -2.29. The Bertz CT molecular complexity index is 471. The lowest BCUT2D eigenvalue weighted by Crippen LogP contribution is -2.43. The number of nitrogens with zero attached hydrogens (tertiary/aromatic N) is 1. The van der Waals surface area contributed by atoms with Crippen LogP contribution >= 0.6 is 0 Å². The van der Waals surface area contributed by atoms with Gasteiger partial charge in [0.05, 0.1) is 18.2 Å². The molecule has 0 fully saturated rings. The van der Waals surface area contributed by atoms with Crippen molar-refractivity contribution in [2.24, 2.45) is 11.7 Å². The molecule has 1 atom stereocenters. The van der Waals surface area contributed by atoms with E-state index in [2.05, 4.69) is 9.72 Å². The second-order valence-electron chi connectivity index (χ2n) is 4.62. The van der Waals surface area contributed by atoms with Crippen molar-refractivity contribution in [2.45, 2.75) is 26.2 Å². The average molecular weight is 250 g/mol. The maximum absolute atomic E-state index is 11.7. The van der Waals surface area contributed by atoms with Crippen LogP contribution in [0.3, 0.4) is 0 Å². The highest BCUT2D eigenvalue weighted by atomic mass is 16.5. The monoisotopic (exact) mass is 250 g/mol. The van der Waals surface area contributed by atoms with Crippen LogP contribution in [0.4, 0.5) is 0 Å². The van der Waals surface area contributed by atoms with E-state index in [1.54, 1.807) is 19.1 Å². The van der Waals surface area contributed by atoms with Crippen LogP contribution in [0.1, 0.15) is 37.0 Å². The van der Waals surface area contributed by atoms with Crippen LogP contribution in [0.2, 0.25) is 0 Å². The Hall–Kier alpha value is -1.91. The van der Waals surface area contributed by atoms with Gasteiger partial charge < -0.3 is 10.5 Å². The fraction of sp³-hybridized carbons (Fsp3) is 0.462. The van der Waals surface area contributed by atoms with Crippen molar-refractivity contribution in [3.05, 3.63) is 29.6 Å². The Balaban J connectivity index is 3.31. The van der Waals surface area contributed by atoms with Crippen LogP contribution in [0.15, 0.2) is 18.2 Å². The van der Waals surface area contributed by atoms with Gasteiger partial charge in [-0.3, -0.25) is 4.79 Å². The smallest absolute Gasteiger partial charge is 0.356 e. The molecule has 98 valence electrons. The van der Waals surface area contributed by atoms with Gasteiger partial charge in [-0.2, -0.15) is 0 Å². The quantitative estimate of drug-likeness (QED) is 0.816. The first-order valence-electron chi connectivity index (χ1n) is 5.69. The third kappa shape index (κ3) is 2.34. The van der Waals surface area contributed by atoms with E-state index in [9.17, 15) is 9.59 Å². The molecule has 0 aliphatic carbocycles. The standard InChI is InChI=1S/C13H18N2O3/c1-8(2)13(3,12(14)17)10-7-5-6-9(15-10)11(16)18-4/h5-8H,1-4H3,(H2,14,17)/t13-/m0/s1. The minimum absolute atomic E-state index is 0.0320. The Labute approximate surface area is 106 Å². The maximum atomic E-state index is 11.7. The number of methoxy groups -OCH3 is 1. The van der Waals surface area contributed by atoms with Crippen LogP contribution in [-0.2, 0) is 14.9 Å². The number of nitrogens with two attached hydrogens (primary N) is 1. The van der Waals surface area contributed by atoms with E-state index in [1.165, 1.54) is 13.2 Å². The van der Waals surface area contributed by atoms with Crippen molar-refractivity contribution in [3.8, 4) is 0 Å². The largest absolute Gasteiger partial charge is 0.464 e. The molecule has 5 nitrogen and oxygen atoms in total. The molecule has 0 aliphatic rings. The molecule has 1 heterocycles. The van der Waals surface area contributed by atoms with Gasteiger partial charge in [-0.25, -0.2) is 9.78 Å². The van der Waals surface area contributed by atoms with E-state index in [0.29, 0.717) is 5.69 Å². The summed E-state index contributed by atoms with van der Waals surface area (Å²) >= 11 is 0. The third-order valence-electron chi connectivity index (χ3n) is 3.34. The molecule has 2 N–H and O–H groups in total. The average Bonchev–Trinajstić information content (AvgIpc) is 2.36. The molecule has 0 radical (unpaired) electrons. The van der Waals surface area contributed by atoms with E-state index in [0.717, 1.165) is 0 Å². The van der Waals surface area contributed by atoms with Crippen molar-refractivity contribution in [1.29, 1.82) is 0 Å². The molecular weight excluding hydrogens is 232 g/mol. The number of pyridine rings is 1. The molecule has 5 heteroatoms. The summed E-state index contributed by atoms with van der Waals surface area (Å²) in [6, 6.07) is 4.90. The Morgan fingerprint density at radius 2 is 2.00 bits per heavy atom. The van der Waals surface area contributed by atoms with E-state index < -0.39 is 17.3 Å². The molecular formula is C13H18N2O3. The zero-order valence-corrected chi connectivity index (χ0v) is 11.1. The second kappa shape index (κ2) is 5.16. The van der Waals surface area contributed by atoms with Crippen LogP contribution in [-0.4, -0.2) is 24.0 Å². The fourth-order valence-electron chi connectivity index (χ4n) is 1.65. The van der Waals surface area contributed by atoms with E-state index >= 15 is 0 Å². The Morgan fingerprint density at radius 1 is 1.39 bits per heavy atom. The van der Waals surface area contributed by atoms with Gasteiger partial charge in [0.1, 0.15) is 5.69 Å². The number of esters is 1. The van der Waals surface area contributed by atoms with Gasteiger partial charge in [-0.1, -0.05) is 19.9 Å². The molecule has 0 aliphatic heterocycles. The van der Waals surface area contributed by atoms with Crippen molar-refractivity contribution < 1.29 is 14.3 Å². The molecule has 0 saturated heterocycles. The summed E-state index contributed by atoms with van der Waals surface area (Å²) in [6.07, 6.45) is 0. The van der Waals surface area contributed by atoms with E-state index in [1.807, 2.05) is 13.8 Å². The molecule has 0 unspecified atom stereocenters. The maximum Gasteiger partial charge on any atom is 0.356 e. The predicted molar refractivity (Wildman–Crippen MR) is 67.0 cm³/mol. The molecule has 1 aromatic rings. The number of ether oxygens (including phenoxy) is 1. The first-order valence-corrected chi connectivity index (χ1v) is 5.69. The molecule has 0 spiro atoms. The minimum atomic E-state index is -0.913. The van der Waals surface area contributed by atoms with Gasteiger partial charge in [-0.15, -0.1) is 0 Å². The number of rotatable bonds is 4. The van der Waals surface area contributed by atoms with Gasteiger partial charge in [0.15, 0.2) is 0 Å². The van der Waals surface area contributed by atoms with Gasteiger partial charge >= 0.3 is 5.97 Å². The topological polar surface area (TPSA) is 82.3 Å². The second-order valence-corrected chi connectivity index (χ2v) is 4.62. The lowest BCUT2D eigenvalue weighted by atomic mass is 9.75. The predicted octanol–water partition coefficient (Wildman–Crippen LogP) is 1.27. The van der Waals surface area contributed by atoms with E-state index in [4.69, 9.17) is 5.73 Å². The van der Waals surface area contributed by atoms with Crippen molar-refractivity contribution in [3.63, 3.8) is 0 Å². The molecule has 18 heavy (non-hydrogen) atoms. The highest BCUT2D eigenvalue weighted by Crippen LogP contribution is 2.30. The van der Waals surface area contributed by atoms with Crippen LogP contribution in [0.25, 0.3) is 0 Å². The van der Waals surface area contributed by atoms with Crippen LogP contribution < -0.4 is 5.73 Å². The van der Waals surface area contributed by atoms with Gasteiger partial charge in [-0.05, 0) is 25.0 Å². The zero-order chi connectivity index (χ0) is 13.9. The van der Waals surface area contributed by atoms with Crippen molar-refractivity contribution in [1.82, 2.24) is 4.98 Å². The number of primary amides is 1. The van der Waals surface area contributed by atoms with Crippen LogP contribution in [0.5, 0.6) is 0 Å². The van der Waals surface area contributed by atoms with Crippen LogP contribution in [0, 0.1) is 5.92 Å². The van der Waals surface area contributed by atoms with Gasteiger partial charge in [0.25, 0.3) is 0 Å². The van der Waals surface area contributed by atoms with E-state index in [-0.39, 0.29) is 11.6 Å². The lowest BCUT2D eigenvalue weighted by molar-refractivity contribution is -0.124. The van der Waals surface area contributed by atoms with Gasteiger partial charge in [0, 0.05) is 0 Å². The molecule has 0 saturated carbocycles. The normalized spacial score (nSPS) is 14.1. The molecule has 1 rings (SSSR count). The number of amides is 1. The Kier molecular flexibility index (Phi) is 4.06. The minimum Gasteiger partial charge on any atom is -0.464 e. The number of aromatic nitrogens is 1. The number of hydrogen-bond acceptors (Lipinski definition) is 4. The van der Waals surface area contributed by atoms with Crippen molar-refractivity contribution in [2.75, 3.05) is 7.11 Å². The molecule has 1 aromatic heterocycles. The van der Waals surface area contributed by atoms with Gasteiger partial charge in [0.2, 0.25) is 5.91 Å². The third-order valence-corrected chi connectivity index (χ3v) is 3.34. The summed E-state index contributed by atoms with van der Waals surface area (Å²) < 4.78 is 4.61. The molecule has 0 bridgehead atoms. The summed E-state index contributed by atoms with van der Waals surface area (Å²) in [6.45, 7) is 5.50. The molecule has 1 amide bonds. The number of carbonyl (C=O) groups excluding carboxylic acids is 2. The SMILES string of the molecule is COC(=O)c1cccc([C@@](C)(C(N)=O)C(C)C)n1. The first kappa shape index (κ1) is 14.2. The van der Waals surface area contributed by atoms with Crippen molar-refractivity contribution >= 4 is 11.9 Å². The fourth-order valence-corrected chi connectivity index (χ4v) is 1.65. The number of hydrogen-bond donors (Lipinski definition) is 1. The summed E-state index contributed by atoms with van der Waals surface area (Å²) in [5, 5.41) is 0. The summed E-state index contributed by atoms with van der Waals surface area (Å²) in [7, 11) is 1.28.